The van der Waals surface area contributed by atoms with Crippen molar-refractivity contribution in [3.05, 3.63) is 69.7 Å². The first-order valence-corrected chi connectivity index (χ1v) is 11.2. The molecule has 0 saturated heterocycles. The maximum absolute atomic E-state index is 10.3. The molecule has 3 aromatic rings. The van der Waals surface area contributed by atoms with Crippen LogP contribution in [0.15, 0.2) is 48.5 Å². The van der Waals surface area contributed by atoms with Crippen LogP contribution >= 0.6 is 23.7 Å². The smallest absolute Gasteiger partial charge is 0.140 e. The van der Waals surface area contributed by atoms with Crippen molar-refractivity contribution in [3.8, 4) is 11.5 Å². The predicted molar refractivity (Wildman–Crippen MR) is 133 cm³/mol. The summed E-state index contributed by atoms with van der Waals surface area (Å²) in [5.74, 6) is 1.00. The lowest BCUT2D eigenvalue weighted by molar-refractivity contribution is 0.104. The van der Waals surface area contributed by atoms with E-state index in [2.05, 4.69) is 22.4 Å². The third kappa shape index (κ3) is 8.59. The second kappa shape index (κ2) is 13.2. The van der Waals surface area contributed by atoms with Crippen LogP contribution in [0.4, 0.5) is 0 Å². The standard InChI is InChI=1S/C24H29N3O3S.ClH/c1-17(7-8-19-9-12-21(28)13-10-19)25-15-22(29)16-30-23-6-4-3-5-20(23)11-14-24-27-26-18(2)31-24;/h3-6,9-14,17,22,25,28-29H,7-8,15-16H2,1-2H3;1H/b14-11+;. The predicted octanol–water partition coefficient (Wildman–Crippen LogP) is 4.49. The van der Waals surface area contributed by atoms with Crippen molar-refractivity contribution in [2.75, 3.05) is 13.2 Å². The molecule has 2 aromatic carbocycles. The van der Waals surface area contributed by atoms with E-state index in [-0.39, 0.29) is 30.8 Å². The Morgan fingerprint density at radius 1 is 1.09 bits per heavy atom. The third-order valence-electron chi connectivity index (χ3n) is 4.80. The zero-order chi connectivity index (χ0) is 22.1. The minimum Gasteiger partial charge on any atom is -0.508 e. The number of nitrogens with zero attached hydrogens (tertiary/aromatic N) is 2. The molecule has 8 heteroatoms. The van der Waals surface area contributed by atoms with E-state index in [1.807, 2.05) is 55.5 Å². The molecule has 172 valence electrons. The molecular formula is C24H30ClN3O3S. The molecular weight excluding hydrogens is 446 g/mol. The van der Waals surface area contributed by atoms with Crippen LogP contribution in [0.1, 0.15) is 34.5 Å². The molecule has 6 nitrogen and oxygen atoms in total. The maximum atomic E-state index is 10.3. The van der Waals surface area contributed by atoms with Crippen LogP contribution in [0.5, 0.6) is 11.5 Å². The number of nitrogens with one attached hydrogen (secondary N) is 1. The highest BCUT2D eigenvalue weighted by molar-refractivity contribution is 7.12. The lowest BCUT2D eigenvalue weighted by Crippen LogP contribution is -2.36. The van der Waals surface area contributed by atoms with Crippen LogP contribution in [0, 0.1) is 6.92 Å². The van der Waals surface area contributed by atoms with Gasteiger partial charge in [-0.15, -0.1) is 22.6 Å². The number of hydrogen-bond donors (Lipinski definition) is 3. The first-order valence-electron chi connectivity index (χ1n) is 10.4. The van der Waals surface area contributed by atoms with Gasteiger partial charge in [0.2, 0.25) is 0 Å². The molecule has 0 amide bonds. The minimum atomic E-state index is -0.612. The highest BCUT2D eigenvalue weighted by atomic mass is 35.5. The Morgan fingerprint density at radius 2 is 1.84 bits per heavy atom. The lowest BCUT2D eigenvalue weighted by Gasteiger charge is -2.18. The van der Waals surface area contributed by atoms with Crippen molar-refractivity contribution in [2.24, 2.45) is 0 Å². The summed E-state index contributed by atoms with van der Waals surface area (Å²) in [4.78, 5) is 0. The van der Waals surface area contributed by atoms with Crippen molar-refractivity contribution in [2.45, 2.75) is 38.8 Å². The van der Waals surface area contributed by atoms with Crippen LogP contribution in [0.2, 0.25) is 0 Å². The van der Waals surface area contributed by atoms with E-state index >= 15 is 0 Å². The number of hydrogen-bond acceptors (Lipinski definition) is 7. The SMILES string of the molecule is Cc1nnc(/C=C/c2ccccc2OCC(O)CNC(C)CCc2ccc(O)cc2)s1.Cl. The first kappa shape index (κ1) is 25.8. The number of aromatic hydroxyl groups is 1. The number of aryl methyl sites for hydroxylation is 2. The average Bonchev–Trinajstić information content (AvgIpc) is 3.20. The Balaban J connectivity index is 0.00000363. The Labute approximate surface area is 199 Å². The number of aliphatic hydroxyl groups is 1. The van der Waals surface area contributed by atoms with Crippen LogP contribution in [0.3, 0.4) is 0 Å². The van der Waals surface area contributed by atoms with E-state index in [9.17, 15) is 10.2 Å². The Bertz CT molecular complexity index is 979. The van der Waals surface area contributed by atoms with Crippen LogP contribution < -0.4 is 10.1 Å². The fourth-order valence-corrected chi connectivity index (χ4v) is 3.62. The minimum absolute atomic E-state index is 0. The molecule has 2 atom stereocenters. The van der Waals surface area contributed by atoms with Crippen molar-refractivity contribution in [1.29, 1.82) is 0 Å². The van der Waals surface area contributed by atoms with E-state index in [1.54, 1.807) is 12.1 Å². The summed E-state index contributed by atoms with van der Waals surface area (Å²) in [6.45, 7) is 4.69. The van der Waals surface area contributed by atoms with E-state index in [0.29, 0.717) is 6.54 Å². The quantitative estimate of drug-likeness (QED) is 0.378. The molecule has 1 aromatic heterocycles. The Morgan fingerprint density at radius 3 is 2.56 bits per heavy atom. The Kier molecular flexibility index (Phi) is 10.6. The summed E-state index contributed by atoms with van der Waals surface area (Å²) in [6, 6.07) is 15.3. The van der Waals surface area contributed by atoms with E-state index in [0.717, 1.165) is 34.2 Å². The van der Waals surface area contributed by atoms with Gasteiger partial charge >= 0.3 is 0 Å². The number of halogens is 1. The molecule has 32 heavy (non-hydrogen) atoms. The van der Waals surface area contributed by atoms with Gasteiger partial charge in [0.25, 0.3) is 0 Å². The average molecular weight is 476 g/mol. The largest absolute Gasteiger partial charge is 0.508 e. The van der Waals surface area contributed by atoms with Gasteiger partial charge in [0.05, 0.1) is 0 Å². The molecule has 3 N–H and O–H groups in total. The molecule has 0 radical (unpaired) electrons. The fraction of sp³-hybridized carbons (Fsp3) is 0.333. The van der Waals surface area contributed by atoms with Crippen molar-refractivity contribution in [1.82, 2.24) is 15.5 Å². The topological polar surface area (TPSA) is 87.5 Å². The van der Waals surface area contributed by atoms with Gasteiger partial charge in [-0.3, -0.25) is 0 Å². The van der Waals surface area contributed by atoms with E-state index in [1.165, 1.54) is 16.9 Å². The van der Waals surface area contributed by atoms with E-state index < -0.39 is 6.10 Å². The molecule has 2 unspecified atom stereocenters. The van der Waals surface area contributed by atoms with Gasteiger partial charge in [-0.05, 0) is 62.6 Å². The summed E-state index contributed by atoms with van der Waals surface area (Å²) in [5, 5.41) is 32.9. The van der Waals surface area contributed by atoms with Gasteiger partial charge in [-0.25, -0.2) is 0 Å². The highest BCUT2D eigenvalue weighted by Gasteiger charge is 2.10. The molecule has 0 aliphatic carbocycles. The van der Waals surface area contributed by atoms with Crippen LogP contribution in [-0.4, -0.2) is 45.7 Å². The fourth-order valence-electron chi connectivity index (χ4n) is 3.02. The first-order chi connectivity index (χ1) is 15.0. The zero-order valence-corrected chi connectivity index (χ0v) is 19.9. The summed E-state index contributed by atoms with van der Waals surface area (Å²) in [7, 11) is 0. The maximum Gasteiger partial charge on any atom is 0.140 e. The molecule has 0 fully saturated rings. The molecule has 1 heterocycles. The lowest BCUT2D eigenvalue weighted by atomic mass is 10.1. The van der Waals surface area contributed by atoms with Gasteiger partial charge in [0.15, 0.2) is 0 Å². The molecule has 0 aliphatic heterocycles. The summed E-state index contributed by atoms with van der Waals surface area (Å²) in [5.41, 5.74) is 2.11. The van der Waals surface area contributed by atoms with Crippen molar-refractivity contribution >= 4 is 35.9 Å². The second-order valence-electron chi connectivity index (χ2n) is 7.51. The Hall–Kier alpha value is -2.45. The third-order valence-corrected chi connectivity index (χ3v) is 5.61. The van der Waals surface area contributed by atoms with E-state index in [4.69, 9.17) is 4.74 Å². The zero-order valence-electron chi connectivity index (χ0n) is 18.3. The second-order valence-corrected chi connectivity index (χ2v) is 8.72. The molecule has 0 aliphatic rings. The molecule has 0 spiro atoms. The van der Waals surface area contributed by atoms with Crippen molar-refractivity contribution < 1.29 is 14.9 Å². The molecule has 0 saturated carbocycles. The number of aliphatic hydroxyl groups excluding tert-OH is 1. The van der Waals surface area contributed by atoms with Gasteiger partial charge < -0.3 is 20.3 Å². The summed E-state index contributed by atoms with van der Waals surface area (Å²) >= 11 is 1.53. The number of phenols is 1. The number of aromatic nitrogens is 2. The van der Waals surface area contributed by atoms with Gasteiger partial charge in [-0.1, -0.05) is 41.7 Å². The van der Waals surface area contributed by atoms with Crippen molar-refractivity contribution in [3.63, 3.8) is 0 Å². The monoisotopic (exact) mass is 475 g/mol. The van der Waals surface area contributed by atoms with Gasteiger partial charge in [-0.2, -0.15) is 0 Å². The number of para-hydroxylation sites is 1. The molecule has 3 rings (SSSR count). The van der Waals surface area contributed by atoms with Crippen LogP contribution in [-0.2, 0) is 6.42 Å². The normalized spacial score (nSPS) is 13.0. The summed E-state index contributed by atoms with van der Waals surface area (Å²) < 4.78 is 5.87. The van der Waals surface area contributed by atoms with Gasteiger partial charge in [0.1, 0.15) is 34.2 Å². The summed E-state index contributed by atoms with van der Waals surface area (Å²) in [6.07, 6.45) is 5.11. The van der Waals surface area contributed by atoms with Gasteiger partial charge in [0, 0.05) is 18.2 Å². The highest BCUT2D eigenvalue weighted by Crippen LogP contribution is 2.21. The van der Waals surface area contributed by atoms with Crippen LogP contribution in [0.25, 0.3) is 12.2 Å². The number of ether oxygens (including phenoxy) is 1. The number of rotatable bonds is 11. The number of benzene rings is 2. The number of phenolic OH excluding ortho intramolecular Hbond substituents is 1. The molecule has 0 bridgehead atoms.